The van der Waals surface area contributed by atoms with Crippen molar-refractivity contribution in [3.63, 3.8) is 0 Å². The molecular formula is C12H16O2. The first-order chi connectivity index (χ1) is 6.74. The molecule has 0 saturated carbocycles. The van der Waals surface area contributed by atoms with E-state index in [0.29, 0.717) is 0 Å². The van der Waals surface area contributed by atoms with Gasteiger partial charge >= 0.3 is 0 Å². The van der Waals surface area contributed by atoms with Crippen molar-refractivity contribution in [3.8, 4) is 0 Å². The van der Waals surface area contributed by atoms with E-state index < -0.39 is 0 Å². The van der Waals surface area contributed by atoms with Crippen molar-refractivity contribution < 1.29 is 9.84 Å². The normalized spacial score (nSPS) is 32.0. The van der Waals surface area contributed by atoms with Gasteiger partial charge in [0.15, 0.2) is 0 Å². The summed E-state index contributed by atoms with van der Waals surface area (Å²) >= 11 is 0. The second-order valence-electron chi connectivity index (χ2n) is 4.06. The smallest absolute Gasteiger partial charge is 0.0909 e. The Balaban J connectivity index is 2.19. The molecule has 2 nitrogen and oxygen atoms in total. The Morgan fingerprint density at radius 3 is 2.71 bits per heavy atom. The van der Waals surface area contributed by atoms with Gasteiger partial charge < -0.3 is 9.84 Å². The second-order valence-corrected chi connectivity index (χ2v) is 4.06. The number of benzene rings is 1. The van der Waals surface area contributed by atoms with E-state index in [1.807, 2.05) is 18.2 Å². The molecule has 0 radical (unpaired) electrons. The molecule has 76 valence electrons. The molecule has 14 heavy (non-hydrogen) atoms. The largest absolute Gasteiger partial charge is 0.394 e. The minimum absolute atomic E-state index is 0.0141. The summed E-state index contributed by atoms with van der Waals surface area (Å²) in [6, 6.07) is 10.2. The fourth-order valence-electron chi connectivity index (χ4n) is 2.05. The molecule has 0 bridgehead atoms. The van der Waals surface area contributed by atoms with Gasteiger partial charge in [0.05, 0.1) is 18.3 Å². The zero-order valence-electron chi connectivity index (χ0n) is 8.44. The van der Waals surface area contributed by atoms with Crippen molar-refractivity contribution in [2.45, 2.75) is 31.5 Å². The summed E-state index contributed by atoms with van der Waals surface area (Å²) in [5.74, 6) is 0. The van der Waals surface area contributed by atoms with Crippen molar-refractivity contribution in [3.05, 3.63) is 35.9 Å². The maximum absolute atomic E-state index is 9.02. The Bertz CT molecular complexity index is 296. The average molecular weight is 192 g/mol. The molecule has 1 heterocycles. The Morgan fingerprint density at radius 1 is 1.43 bits per heavy atom. The van der Waals surface area contributed by atoms with Crippen LogP contribution in [0.3, 0.4) is 0 Å². The zero-order chi connectivity index (χ0) is 10.0. The summed E-state index contributed by atoms with van der Waals surface area (Å²) < 4.78 is 5.83. The number of rotatable bonds is 2. The van der Waals surface area contributed by atoms with Gasteiger partial charge in [0.25, 0.3) is 0 Å². The fourth-order valence-corrected chi connectivity index (χ4v) is 2.05. The van der Waals surface area contributed by atoms with Crippen molar-refractivity contribution >= 4 is 0 Å². The number of hydrogen-bond donors (Lipinski definition) is 1. The number of ether oxygens (including phenoxy) is 1. The molecule has 2 atom stereocenters. The molecule has 1 aliphatic heterocycles. The lowest BCUT2D eigenvalue weighted by atomic mass is 9.93. The average Bonchev–Trinajstić information content (AvgIpc) is 2.63. The van der Waals surface area contributed by atoms with E-state index in [9.17, 15) is 0 Å². The second kappa shape index (κ2) is 3.71. The predicted octanol–water partition coefficient (Wildman–Crippen LogP) is 2.07. The van der Waals surface area contributed by atoms with Gasteiger partial charge in [-0.15, -0.1) is 0 Å². The maximum Gasteiger partial charge on any atom is 0.0909 e. The molecule has 2 rings (SSSR count). The Labute approximate surface area is 84.5 Å². The van der Waals surface area contributed by atoms with Gasteiger partial charge in [0.1, 0.15) is 0 Å². The topological polar surface area (TPSA) is 29.5 Å². The van der Waals surface area contributed by atoms with E-state index in [2.05, 4.69) is 19.1 Å². The summed E-state index contributed by atoms with van der Waals surface area (Å²) in [5, 5.41) is 9.02. The third-order valence-corrected chi connectivity index (χ3v) is 2.96. The fraction of sp³-hybridized carbons (Fsp3) is 0.500. The molecule has 0 spiro atoms. The van der Waals surface area contributed by atoms with Crippen LogP contribution in [-0.2, 0) is 10.3 Å². The van der Waals surface area contributed by atoms with E-state index >= 15 is 0 Å². The highest BCUT2D eigenvalue weighted by Gasteiger charge is 2.36. The molecule has 1 aromatic carbocycles. The van der Waals surface area contributed by atoms with Crippen LogP contribution in [0.1, 0.15) is 25.3 Å². The number of hydrogen-bond acceptors (Lipinski definition) is 2. The van der Waals surface area contributed by atoms with Crippen molar-refractivity contribution in [2.24, 2.45) is 0 Å². The molecule has 0 amide bonds. The summed E-state index contributed by atoms with van der Waals surface area (Å²) in [6.45, 7) is 2.22. The van der Waals surface area contributed by atoms with E-state index in [1.165, 1.54) is 5.56 Å². The highest BCUT2D eigenvalue weighted by molar-refractivity contribution is 5.22. The monoisotopic (exact) mass is 192 g/mol. The van der Waals surface area contributed by atoms with Crippen molar-refractivity contribution in [2.75, 3.05) is 6.61 Å². The number of aliphatic hydroxyl groups excluding tert-OH is 1. The Morgan fingerprint density at radius 2 is 2.14 bits per heavy atom. The lowest BCUT2D eigenvalue weighted by Gasteiger charge is -2.25. The maximum atomic E-state index is 9.02. The van der Waals surface area contributed by atoms with Crippen LogP contribution in [-0.4, -0.2) is 17.8 Å². The summed E-state index contributed by atoms with van der Waals surface area (Å²) in [5.41, 5.74) is 1.00. The van der Waals surface area contributed by atoms with Crippen LogP contribution in [0.4, 0.5) is 0 Å². The highest BCUT2D eigenvalue weighted by atomic mass is 16.5. The van der Waals surface area contributed by atoms with E-state index in [1.54, 1.807) is 0 Å². The predicted molar refractivity (Wildman–Crippen MR) is 55.0 cm³/mol. The first-order valence-electron chi connectivity index (χ1n) is 5.09. The van der Waals surface area contributed by atoms with Crippen LogP contribution in [0.25, 0.3) is 0 Å². The summed E-state index contributed by atoms with van der Waals surface area (Å²) in [7, 11) is 0. The molecule has 1 aliphatic rings. The van der Waals surface area contributed by atoms with Crippen LogP contribution in [0.5, 0.6) is 0 Å². The van der Waals surface area contributed by atoms with Crippen LogP contribution in [0, 0.1) is 0 Å². The van der Waals surface area contributed by atoms with Gasteiger partial charge in [-0.1, -0.05) is 30.3 Å². The highest BCUT2D eigenvalue weighted by Crippen LogP contribution is 2.38. The quantitative estimate of drug-likeness (QED) is 0.777. The van der Waals surface area contributed by atoms with Gasteiger partial charge in [-0.25, -0.2) is 0 Å². The molecule has 1 fully saturated rings. The van der Waals surface area contributed by atoms with Gasteiger partial charge in [0.2, 0.25) is 0 Å². The third-order valence-electron chi connectivity index (χ3n) is 2.96. The first-order valence-corrected chi connectivity index (χ1v) is 5.09. The van der Waals surface area contributed by atoms with Gasteiger partial charge in [-0.3, -0.25) is 0 Å². The van der Waals surface area contributed by atoms with Crippen LogP contribution < -0.4 is 0 Å². The van der Waals surface area contributed by atoms with Crippen LogP contribution >= 0.6 is 0 Å². The van der Waals surface area contributed by atoms with Crippen LogP contribution in [0.2, 0.25) is 0 Å². The molecule has 0 aromatic heterocycles. The van der Waals surface area contributed by atoms with E-state index in [4.69, 9.17) is 9.84 Å². The minimum atomic E-state index is -0.200. The van der Waals surface area contributed by atoms with Crippen molar-refractivity contribution in [1.29, 1.82) is 0 Å². The minimum Gasteiger partial charge on any atom is -0.394 e. The first kappa shape index (κ1) is 9.69. The number of aliphatic hydroxyl groups is 1. The standard InChI is InChI=1S/C12H16O2/c1-12(8-7-11(9-13)14-12)10-5-3-2-4-6-10/h2-6,11,13H,7-9H2,1H3/t11-,12-/m1/s1. The molecule has 0 aliphatic carbocycles. The molecule has 0 unspecified atom stereocenters. The van der Waals surface area contributed by atoms with Gasteiger partial charge in [-0.2, -0.15) is 0 Å². The van der Waals surface area contributed by atoms with Crippen LogP contribution in [0.15, 0.2) is 30.3 Å². The summed E-state index contributed by atoms with van der Waals surface area (Å²) in [6.07, 6.45) is 1.95. The summed E-state index contributed by atoms with van der Waals surface area (Å²) in [4.78, 5) is 0. The Kier molecular flexibility index (Phi) is 2.57. The molecular weight excluding hydrogens is 176 g/mol. The zero-order valence-corrected chi connectivity index (χ0v) is 8.44. The lowest BCUT2D eigenvalue weighted by Crippen LogP contribution is -2.23. The molecule has 1 aromatic rings. The van der Waals surface area contributed by atoms with E-state index in [0.717, 1.165) is 12.8 Å². The SMILES string of the molecule is C[C@]1(c2ccccc2)CC[C@H](CO)O1. The van der Waals surface area contributed by atoms with Gasteiger partial charge in [0, 0.05) is 0 Å². The van der Waals surface area contributed by atoms with Crippen molar-refractivity contribution in [1.82, 2.24) is 0 Å². The molecule has 1 saturated heterocycles. The molecule has 1 N–H and O–H groups in total. The molecule has 2 heteroatoms. The lowest BCUT2D eigenvalue weighted by molar-refractivity contribution is -0.0519. The van der Waals surface area contributed by atoms with E-state index in [-0.39, 0.29) is 18.3 Å². The van der Waals surface area contributed by atoms with Gasteiger partial charge in [-0.05, 0) is 25.3 Å². The third kappa shape index (κ3) is 1.68. The Hall–Kier alpha value is -0.860.